The Labute approximate surface area is 177 Å². The van der Waals surface area contributed by atoms with Crippen LogP contribution >= 0.6 is 0 Å². The fourth-order valence-corrected chi connectivity index (χ4v) is 3.32. The maximum atomic E-state index is 12.8. The van der Waals surface area contributed by atoms with Crippen LogP contribution in [-0.2, 0) is 23.3 Å². The minimum absolute atomic E-state index is 0.386. The van der Waals surface area contributed by atoms with Crippen molar-refractivity contribution in [2.75, 3.05) is 6.61 Å². The fraction of sp³-hybridized carbons (Fsp3) is 0.292. The van der Waals surface area contributed by atoms with E-state index in [1.165, 1.54) is 0 Å². The minimum atomic E-state index is -1.09. The molecule has 0 saturated heterocycles. The molecule has 1 atom stereocenters. The van der Waals surface area contributed by atoms with Gasteiger partial charge >= 0.3 is 0 Å². The number of hydrogen-bond donors (Lipinski definition) is 2. The summed E-state index contributed by atoms with van der Waals surface area (Å²) in [6.45, 7) is 3.27. The van der Waals surface area contributed by atoms with Crippen LogP contribution in [0.4, 0.5) is 0 Å². The summed E-state index contributed by atoms with van der Waals surface area (Å²) in [5, 5.41) is 3.41. The molecule has 0 fully saturated rings. The SMILES string of the molecule is CCCCOc1ccc(C(Cc2cccnc2)(NCc2ccncc2)C(N)=O)cc1. The van der Waals surface area contributed by atoms with E-state index in [4.69, 9.17) is 10.5 Å². The number of benzene rings is 1. The Kier molecular flexibility index (Phi) is 7.51. The number of rotatable bonds is 11. The Hall–Kier alpha value is -3.25. The summed E-state index contributed by atoms with van der Waals surface area (Å²) in [5.74, 6) is 0.334. The first-order chi connectivity index (χ1) is 14.6. The summed E-state index contributed by atoms with van der Waals surface area (Å²) in [6, 6.07) is 15.2. The van der Waals surface area contributed by atoms with E-state index in [-0.39, 0.29) is 0 Å². The Morgan fingerprint density at radius 3 is 2.43 bits per heavy atom. The number of nitrogens with one attached hydrogen (secondary N) is 1. The first-order valence-electron chi connectivity index (χ1n) is 10.2. The zero-order chi connectivity index (χ0) is 21.2. The van der Waals surface area contributed by atoms with Crippen molar-refractivity contribution in [1.82, 2.24) is 15.3 Å². The van der Waals surface area contributed by atoms with Crippen molar-refractivity contribution in [3.8, 4) is 5.75 Å². The summed E-state index contributed by atoms with van der Waals surface area (Å²) >= 11 is 0. The minimum Gasteiger partial charge on any atom is -0.494 e. The van der Waals surface area contributed by atoms with Crippen LogP contribution in [0, 0.1) is 0 Å². The molecule has 2 aromatic heterocycles. The zero-order valence-corrected chi connectivity index (χ0v) is 17.3. The van der Waals surface area contributed by atoms with Gasteiger partial charge in [-0.25, -0.2) is 0 Å². The first-order valence-corrected chi connectivity index (χ1v) is 10.2. The molecule has 156 valence electrons. The van der Waals surface area contributed by atoms with Crippen molar-refractivity contribution in [2.45, 2.75) is 38.3 Å². The van der Waals surface area contributed by atoms with Crippen LogP contribution in [0.3, 0.4) is 0 Å². The summed E-state index contributed by atoms with van der Waals surface area (Å²) in [6.07, 6.45) is 9.39. The van der Waals surface area contributed by atoms with Crippen LogP contribution in [-0.4, -0.2) is 22.5 Å². The van der Waals surface area contributed by atoms with Crippen LogP contribution in [0.5, 0.6) is 5.75 Å². The molecule has 3 aromatic rings. The van der Waals surface area contributed by atoms with Crippen molar-refractivity contribution in [3.63, 3.8) is 0 Å². The van der Waals surface area contributed by atoms with Crippen LogP contribution in [0.1, 0.15) is 36.5 Å². The number of primary amides is 1. The van der Waals surface area contributed by atoms with Gasteiger partial charge in [0.15, 0.2) is 0 Å². The Morgan fingerprint density at radius 1 is 1.03 bits per heavy atom. The average Bonchev–Trinajstić information content (AvgIpc) is 2.78. The quantitative estimate of drug-likeness (QED) is 0.478. The van der Waals surface area contributed by atoms with E-state index < -0.39 is 11.4 Å². The van der Waals surface area contributed by atoms with E-state index >= 15 is 0 Å². The number of unbranched alkanes of at least 4 members (excludes halogenated alkanes) is 1. The number of carbonyl (C=O) groups excluding carboxylic acids is 1. The summed E-state index contributed by atoms with van der Waals surface area (Å²) in [5.41, 5.74) is 7.62. The number of nitrogens with two attached hydrogens (primary N) is 1. The maximum Gasteiger partial charge on any atom is 0.242 e. The molecule has 0 saturated carbocycles. The molecule has 0 aliphatic heterocycles. The topological polar surface area (TPSA) is 90.1 Å². The van der Waals surface area contributed by atoms with Crippen molar-refractivity contribution in [3.05, 3.63) is 90.0 Å². The van der Waals surface area contributed by atoms with Gasteiger partial charge < -0.3 is 10.5 Å². The lowest BCUT2D eigenvalue weighted by Crippen LogP contribution is -2.54. The highest BCUT2D eigenvalue weighted by Gasteiger charge is 2.38. The maximum absolute atomic E-state index is 12.8. The van der Waals surface area contributed by atoms with Crippen molar-refractivity contribution in [1.29, 1.82) is 0 Å². The molecule has 30 heavy (non-hydrogen) atoms. The van der Waals surface area contributed by atoms with Crippen molar-refractivity contribution in [2.24, 2.45) is 5.73 Å². The molecule has 3 rings (SSSR count). The molecule has 0 aliphatic rings. The molecule has 2 heterocycles. The van der Waals surface area contributed by atoms with Gasteiger partial charge in [0, 0.05) is 37.8 Å². The highest BCUT2D eigenvalue weighted by atomic mass is 16.5. The lowest BCUT2D eigenvalue weighted by molar-refractivity contribution is -0.125. The predicted octanol–water partition coefficient (Wildman–Crippen LogP) is 3.37. The summed E-state index contributed by atoms with van der Waals surface area (Å²) in [4.78, 5) is 21.1. The van der Waals surface area contributed by atoms with Crippen LogP contribution in [0.25, 0.3) is 0 Å². The third-order valence-corrected chi connectivity index (χ3v) is 5.07. The molecule has 1 unspecified atom stereocenters. The third kappa shape index (κ3) is 5.42. The highest BCUT2D eigenvalue weighted by Crippen LogP contribution is 2.28. The second-order valence-electron chi connectivity index (χ2n) is 7.24. The number of carbonyl (C=O) groups is 1. The lowest BCUT2D eigenvalue weighted by atomic mass is 9.83. The van der Waals surface area contributed by atoms with Crippen LogP contribution in [0.15, 0.2) is 73.3 Å². The smallest absolute Gasteiger partial charge is 0.242 e. The number of pyridine rings is 2. The van der Waals surface area contributed by atoms with Gasteiger partial charge in [-0.2, -0.15) is 0 Å². The molecule has 6 heteroatoms. The lowest BCUT2D eigenvalue weighted by Gasteiger charge is -2.33. The number of ether oxygens (including phenoxy) is 1. The van der Waals surface area contributed by atoms with E-state index in [9.17, 15) is 4.79 Å². The molecule has 3 N–H and O–H groups in total. The second-order valence-corrected chi connectivity index (χ2v) is 7.24. The number of hydrogen-bond acceptors (Lipinski definition) is 5. The van der Waals surface area contributed by atoms with E-state index in [0.717, 1.165) is 35.3 Å². The highest BCUT2D eigenvalue weighted by molar-refractivity contribution is 5.86. The van der Waals surface area contributed by atoms with Gasteiger partial charge in [0.25, 0.3) is 0 Å². The second kappa shape index (κ2) is 10.5. The number of nitrogens with zero attached hydrogens (tertiary/aromatic N) is 2. The Bertz CT molecular complexity index is 917. The fourth-order valence-electron chi connectivity index (χ4n) is 3.32. The Morgan fingerprint density at radius 2 is 1.80 bits per heavy atom. The molecule has 0 radical (unpaired) electrons. The molecular formula is C24H28N4O2. The van der Waals surface area contributed by atoms with Gasteiger partial charge in [-0.15, -0.1) is 0 Å². The van der Waals surface area contributed by atoms with Gasteiger partial charge in [0.2, 0.25) is 5.91 Å². The van der Waals surface area contributed by atoms with Gasteiger partial charge in [-0.1, -0.05) is 31.5 Å². The summed E-state index contributed by atoms with van der Waals surface area (Å²) in [7, 11) is 0. The van der Waals surface area contributed by atoms with Crippen molar-refractivity contribution >= 4 is 5.91 Å². The largest absolute Gasteiger partial charge is 0.494 e. The average molecular weight is 405 g/mol. The van der Waals surface area contributed by atoms with Gasteiger partial charge in [-0.3, -0.25) is 20.1 Å². The summed E-state index contributed by atoms with van der Waals surface area (Å²) < 4.78 is 5.77. The predicted molar refractivity (Wildman–Crippen MR) is 117 cm³/mol. The molecule has 0 bridgehead atoms. The molecule has 1 aromatic carbocycles. The number of amides is 1. The zero-order valence-electron chi connectivity index (χ0n) is 17.3. The monoisotopic (exact) mass is 404 g/mol. The molecule has 1 amide bonds. The van der Waals surface area contributed by atoms with Crippen LogP contribution in [0.2, 0.25) is 0 Å². The van der Waals surface area contributed by atoms with Crippen LogP contribution < -0.4 is 15.8 Å². The van der Waals surface area contributed by atoms with E-state index in [2.05, 4.69) is 22.2 Å². The molecule has 0 aliphatic carbocycles. The number of aromatic nitrogens is 2. The van der Waals surface area contributed by atoms with Gasteiger partial charge in [0.05, 0.1) is 6.61 Å². The first kappa shape index (κ1) is 21.5. The molecular weight excluding hydrogens is 376 g/mol. The molecule has 6 nitrogen and oxygen atoms in total. The molecule has 0 spiro atoms. The van der Waals surface area contributed by atoms with Crippen molar-refractivity contribution < 1.29 is 9.53 Å². The normalized spacial score (nSPS) is 12.8. The standard InChI is InChI=1S/C24H28N4O2/c1-2-3-15-30-22-8-6-21(7-9-22)24(23(25)29,16-20-5-4-12-27-17-20)28-18-19-10-13-26-14-11-19/h4-14,17,28H,2-3,15-16,18H2,1H3,(H2,25,29). The van der Waals surface area contributed by atoms with Gasteiger partial charge in [-0.05, 0) is 53.4 Å². The Balaban J connectivity index is 1.91. The van der Waals surface area contributed by atoms with E-state index in [0.29, 0.717) is 19.6 Å². The third-order valence-electron chi connectivity index (χ3n) is 5.07. The van der Waals surface area contributed by atoms with E-state index in [1.807, 2.05) is 48.5 Å². The van der Waals surface area contributed by atoms with Gasteiger partial charge in [0.1, 0.15) is 11.3 Å². The van der Waals surface area contributed by atoms with E-state index in [1.54, 1.807) is 24.8 Å².